The van der Waals surface area contributed by atoms with E-state index in [4.69, 9.17) is 11.6 Å². The Hall–Kier alpha value is -2.21. The third-order valence-corrected chi connectivity index (χ3v) is 2.50. The molecule has 0 radical (unpaired) electrons. The third kappa shape index (κ3) is 3.38. The third-order valence-electron chi connectivity index (χ3n) is 2.33. The fraction of sp³-hybridized carbons (Fsp3) is 0.167. The van der Waals surface area contributed by atoms with Crippen LogP contribution < -0.4 is 10.6 Å². The highest BCUT2D eigenvalue weighted by Gasteiger charge is 2.06. The van der Waals surface area contributed by atoms with Gasteiger partial charge in [0, 0.05) is 18.3 Å². The summed E-state index contributed by atoms with van der Waals surface area (Å²) in [6.07, 6.45) is 0. The molecule has 1 aromatic carbocycles. The first-order valence-electron chi connectivity index (χ1n) is 5.56. The summed E-state index contributed by atoms with van der Waals surface area (Å²) in [5, 5.41) is 5.66. The maximum atomic E-state index is 11.5. The standard InChI is InChI=1S/C12H12ClN5O/c1-7-15-11(13)18-12(16-7)17-9-5-3-4-8(6-9)10(19)14-2/h3-6H,1-2H3,(H,14,19)(H,15,16,17,18). The van der Waals surface area contributed by atoms with Gasteiger partial charge >= 0.3 is 0 Å². The zero-order valence-electron chi connectivity index (χ0n) is 10.4. The summed E-state index contributed by atoms with van der Waals surface area (Å²) in [5.74, 6) is 0.699. The first-order valence-corrected chi connectivity index (χ1v) is 5.93. The van der Waals surface area contributed by atoms with Gasteiger partial charge in [0.05, 0.1) is 0 Å². The molecule has 2 N–H and O–H groups in total. The Balaban J connectivity index is 2.25. The summed E-state index contributed by atoms with van der Waals surface area (Å²) < 4.78 is 0. The largest absolute Gasteiger partial charge is 0.355 e. The molecular weight excluding hydrogens is 266 g/mol. The molecule has 0 saturated heterocycles. The number of rotatable bonds is 3. The predicted octanol–water partition coefficient (Wildman–Crippen LogP) is 1.94. The minimum Gasteiger partial charge on any atom is -0.355 e. The zero-order chi connectivity index (χ0) is 13.8. The van der Waals surface area contributed by atoms with Crippen LogP contribution in [0.5, 0.6) is 0 Å². The van der Waals surface area contributed by atoms with Gasteiger partial charge in [-0.05, 0) is 36.7 Å². The van der Waals surface area contributed by atoms with Crippen molar-refractivity contribution in [2.24, 2.45) is 0 Å². The predicted molar refractivity (Wildman–Crippen MR) is 72.7 cm³/mol. The van der Waals surface area contributed by atoms with Crippen LogP contribution in [0.3, 0.4) is 0 Å². The van der Waals surface area contributed by atoms with Gasteiger partial charge < -0.3 is 10.6 Å². The van der Waals surface area contributed by atoms with E-state index in [1.165, 1.54) is 0 Å². The van der Waals surface area contributed by atoms with Crippen molar-refractivity contribution in [3.8, 4) is 0 Å². The quantitative estimate of drug-likeness (QED) is 0.896. The van der Waals surface area contributed by atoms with Gasteiger partial charge in [-0.2, -0.15) is 9.97 Å². The second kappa shape index (κ2) is 5.62. The van der Waals surface area contributed by atoms with Gasteiger partial charge in [0.2, 0.25) is 11.2 Å². The van der Waals surface area contributed by atoms with Crippen molar-refractivity contribution in [1.29, 1.82) is 0 Å². The van der Waals surface area contributed by atoms with Gasteiger partial charge in [0.15, 0.2) is 0 Å². The lowest BCUT2D eigenvalue weighted by atomic mass is 10.2. The van der Waals surface area contributed by atoms with Crippen LogP contribution in [0.25, 0.3) is 0 Å². The number of anilines is 2. The van der Waals surface area contributed by atoms with Crippen LogP contribution in [0.1, 0.15) is 16.2 Å². The molecule has 0 unspecified atom stereocenters. The topological polar surface area (TPSA) is 79.8 Å². The Bertz CT molecular complexity index is 597. The summed E-state index contributed by atoms with van der Waals surface area (Å²) in [5.41, 5.74) is 1.24. The van der Waals surface area contributed by atoms with E-state index in [1.807, 2.05) is 0 Å². The van der Waals surface area contributed by atoms with Crippen molar-refractivity contribution in [1.82, 2.24) is 20.3 Å². The fourth-order valence-electron chi connectivity index (χ4n) is 1.52. The summed E-state index contributed by atoms with van der Waals surface area (Å²) in [6, 6.07) is 6.99. The SMILES string of the molecule is CNC(=O)c1cccc(Nc2nc(C)nc(Cl)n2)c1. The molecule has 0 bridgehead atoms. The van der Waals surface area contributed by atoms with E-state index >= 15 is 0 Å². The summed E-state index contributed by atoms with van der Waals surface area (Å²) >= 11 is 5.75. The van der Waals surface area contributed by atoms with Crippen molar-refractivity contribution in [3.05, 3.63) is 40.9 Å². The summed E-state index contributed by atoms with van der Waals surface area (Å²) in [7, 11) is 1.58. The first kappa shape index (κ1) is 13.2. The second-order valence-electron chi connectivity index (χ2n) is 3.76. The van der Waals surface area contributed by atoms with Crippen LogP contribution in [0, 0.1) is 6.92 Å². The molecule has 0 fully saturated rings. The van der Waals surface area contributed by atoms with Gasteiger partial charge in [-0.3, -0.25) is 4.79 Å². The molecule has 19 heavy (non-hydrogen) atoms. The number of amides is 1. The van der Waals surface area contributed by atoms with Crippen LogP contribution in [0.4, 0.5) is 11.6 Å². The Kier molecular flexibility index (Phi) is 3.91. The van der Waals surface area contributed by atoms with Gasteiger partial charge in [-0.25, -0.2) is 4.98 Å². The van der Waals surface area contributed by atoms with Crippen molar-refractivity contribution in [3.63, 3.8) is 0 Å². The molecule has 0 aliphatic heterocycles. The molecular formula is C12H12ClN5O. The van der Waals surface area contributed by atoms with Crippen LogP contribution >= 0.6 is 11.6 Å². The smallest absolute Gasteiger partial charge is 0.251 e. The molecule has 0 aliphatic rings. The number of hydrogen-bond donors (Lipinski definition) is 2. The maximum absolute atomic E-state index is 11.5. The van der Waals surface area contributed by atoms with Gasteiger partial charge in [-0.15, -0.1) is 0 Å². The van der Waals surface area contributed by atoms with Crippen molar-refractivity contribution in [2.75, 3.05) is 12.4 Å². The number of nitrogens with zero attached hydrogens (tertiary/aromatic N) is 3. The van der Waals surface area contributed by atoms with Crippen LogP contribution in [-0.2, 0) is 0 Å². The fourth-order valence-corrected chi connectivity index (χ4v) is 1.72. The van der Waals surface area contributed by atoms with E-state index in [0.717, 1.165) is 0 Å². The number of halogens is 1. The van der Waals surface area contributed by atoms with Crippen molar-refractivity contribution in [2.45, 2.75) is 6.92 Å². The second-order valence-corrected chi connectivity index (χ2v) is 4.10. The average molecular weight is 278 g/mol. The van der Waals surface area contributed by atoms with Gasteiger partial charge in [0.25, 0.3) is 5.91 Å². The molecule has 0 spiro atoms. The average Bonchev–Trinajstić information content (AvgIpc) is 2.37. The molecule has 0 saturated carbocycles. The van der Waals surface area contributed by atoms with E-state index in [2.05, 4.69) is 25.6 Å². The van der Waals surface area contributed by atoms with Crippen molar-refractivity contribution >= 4 is 29.1 Å². The maximum Gasteiger partial charge on any atom is 0.251 e. The molecule has 6 nitrogen and oxygen atoms in total. The number of aryl methyl sites for hydroxylation is 1. The molecule has 7 heteroatoms. The molecule has 2 rings (SSSR count). The lowest BCUT2D eigenvalue weighted by Gasteiger charge is -2.07. The Morgan fingerprint density at radius 3 is 2.74 bits per heavy atom. The van der Waals surface area contributed by atoms with Crippen molar-refractivity contribution < 1.29 is 4.79 Å². The minimum atomic E-state index is -0.159. The normalized spacial score (nSPS) is 10.1. The highest BCUT2D eigenvalue weighted by molar-refractivity contribution is 6.28. The molecule has 1 amide bonds. The van der Waals surface area contributed by atoms with Gasteiger partial charge in [0.1, 0.15) is 5.82 Å². The van der Waals surface area contributed by atoms with E-state index in [1.54, 1.807) is 38.2 Å². The Labute approximate surface area is 115 Å². The molecule has 1 heterocycles. The number of aromatic nitrogens is 3. The first-order chi connectivity index (χ1) is 9.08. The molecule has 0 atom stereocenters. The van der Waals surface area contributed by atoms with E-state index in [9.17, 15) is 4.79 Å². The zero-order valence-corrected chi connectivity index (χ0v) is 11.2. The van der Waals surface area contributed by atoms with Crippen LogP contribution in [0.2, 0.25) is 5.28 Å². The number of carbonyl (C=O) groups is 1. The number of hydrogen-bond acceptors (Lipinski definition) is 5. The number of nitrogens with one attached hydrogen (secondary N) is 2. The lowest BCUT2D eigenvalue weighted by molar-refractivity contribution is 0.0963. The van der Waals surface area contributed by atoms with Crippen LogP contribution in [-0.4, -0.2) is 27.9 Å². The molecule has 1 aromatic heterocycles. The summed E-state index contributed by atoms with van der Waals surface area (Å²) in [6.45, 7) is 1.72. The monoisotopic (exact) mass is 277 g/mol. The minimum absolute atomic E-state index is 0.123. The Morgan fingerprint density at radius 1 is 1.26 bits per heavy atom. The summed E-state index contributed by atoms with van der Waals surface area (Å²) in [4.78, 5) is 23.5. The van der Waals surface area contributed by atoms with Crippen LogP contribution in [0.15, 0.2) is 24.3 Å². The molecule has 2 aromatic rings. The molecule has 98 valence electrons. The lowest BCUT2D eigenvalue weighted by Crippen LogP contribution is -2.17. The molecule has 0 aliphatic carbocycles. The Morgan fingerprint density at radius 2 is 2.05 bits per heavy atom. The van der Waals surface area contributed by atoms with Gasteiger partial charge in [-0.1, -0.05) is 6.07 Å². The highest BCUT2D eigenvalue weighted by Crippen LogP contribution is 2.15. The van der Waals surface area contributed by atoms with E-state index in [0.29, 0.717) is 23.0 Å². The van der Waals surface area contributed by atoms with E-state index in [-0.39, 0.29) is 11.2 Å². The number of carbonyl (C=O) groups excluding carboxylic acids is 1. The van der Waals surface area contributed by atoms with E-state index < -0.39 is 0 Å². The highest BCUT2D eigenvalue weighted by atomic mass is 35.5. The number of benzene rings is 1.